The molecule has 1 aromatic carbocycles. The van der Waals surface area contributed by atoms with Crippen molar-refractivity contribution in [3.63, 3.8) is 0 Å². The predicted octanol–water partition coefficient (Wildman–Crippen LogP) is 2.23. The molecule has 72 valence electrons. The third-order valence-corrected chi connectivity index (χ3v) is 2.40. The van der Waals surface area contributed by atoms with Crippen molar-refractivity contribution in [2.75, 3.05) is 5.73 Å². The molecule has 0 saturated carbocycles. The fraction of sp³-hybridized carbons (Fsp3) is 0.111. The van der Waals surface area contributed by atoms with Crippen molar-refractivity contribution < 1.29 is 4.39 Å². The summed E-state index contributed by atoms with van der Waals surface area (Å²) in [4.78, 5) is 4.01. The molecule has 2 aromatic rings. The Bertz CT molecular complexity index is 467. The molecule has 0 atom stereocenters. The van der Waals surface area contributed by atoms with Crippen molar-refractivity contribution in [2.45, 2.75) is 6.92 Å². The van der Waals surface area contributed by atoms with E-state index in [4.69, 9.17) is 5.73 Å². The van der Waals surface area contributed by atoms with Crippen LogP contribution in [0.15, 0.2) is 18.2 Å². The molecule has 3 nitrogen and oxygen atoms in total. The second kappa shape index (κ2) is 3.34. The van der Waals surface area contributed by atoms with Crippen LogP contribution in [0.1, 0.15) is 5.56 Å². The highest BCUT2D eigenvalue weighted by molar-refractivity contribution is 7.09. The predicted molar refractivity (Wildman–Crippen MR) is 54.5 cm³/mol. The number of hydrogen-bond acceptors (Lipinski definition) is 4. The Labute approximate surface area is 84.6 Å². The molecule has 0 spiro atoms. The first kappa shape index (κ1) is 9.08. The minimum absolute atomic E-state index is 0.225. The average molecular weight is 209 g/mol. The fourth-order valence-electron chi connectivity index (χ4n) is 1.14. The van der Waals surface area contributed by atoms with E-state index in [0.29, 0.717) is 16.5 Å². The summed E-state index contributed by atoms with van der Waals surface area (Å²) in [5, 5.41) is 0.418. The van der Waals surface area contributed by atoms with Gasteiger partial charge in [0.2, 0.25) is 0 Å². The van der Waals surface area contributed by atoms with Gasteiger partial charge >= 0.3 is 0 Å². The van der Waals surface area contributed by atoms with Gasteiger partial charge in [-0.2, -0.15) is 9.36 Å². The van der Waals surface area contributed by atoms with E-state index in [9.17, 15) is 4.39 Å². The molecule has 0 aliphatic heterocycles. The minimum Gasteiger partial charge on any atom is -0.374 e. The highest BCUT2D eigenvalue weighted by Crippen LogP contribution is 2.21. The summed E-state index contributed by atoms with van der Waals surface area (Å²) >= 11 is 1.13. The Kier molecular flexibility index (Phi) is 2.17. The number of nitrogens with two attached hydrogens (primary N) is 1. The van der Waals surface area contributed by atoms with Crippen LogP contribution in [-0.2, 0) is 0 Å². The molecule has 0 aliphatic rings. The van der Waals surface area contributed by atoms with Gasteiger partial charge in [0.1, 0.15) is 5.82 Å². The molecule has 1 aromatic heterocycles. The van der Waals surface area contributed by atoms with Crippen LogP contribution in [0.25, 0.3) is 11.4 Å². The van der Waals surface area contributed by atoms with Crippen LogP contribution in [0.5, 0.6) is 0 Å². The molecule has 0 unspecified atom stereocenters. The molecule has 0 bridgehead atoms. The van der Waals surface area contributed by atoms with Gasteiger partial charge in [0.05, 0.1) is 0 Å². The first-order chi connectivity index (χ1) is 6.66. The maximum Gasteiger partial charge on any atom is 0.200 e. The van der Waals surface area contributed by atoms with Crippen molar-refractivity contribution in [1.82, 2.24) is 9.36 Å². The first-order valence-electron chi connectivity index (χ1n) is 4.02. The maximum absolute atomic E-state index is 13.0. The number of halogens is 1. The highest BCUT2D eigenvalue weighted by Gasteiger charge is 2.06. The molecular formula is C9H8FN3S. The molecule has 2 N–H and O–H groups in total. The second-order valence-corrected chi connectivity index (χ2v) is 3.70. The normalized spacial score (nSPS) is 10.4. The standard InChI is InChI=1S/C9H8FN3S/c1-5-4-6(2-3-7(5)10)8-12-9(11)14-13-8/h2-4H,1H3,(H2,11,12,13). The number of nitrogens with zero attached hydrogens (tertiary/aromatic N) is 2. The number of anilines is 1. The molecule has 2 rings (SSSR count). The maximum atomic E-state index is 13.0. The number of aryl methyl sites for hydroxylation is 1. The van der Waals surface area contributed by atoms with Crippen molar-refractivity contribution in [3.05, 3.63) is 29.6 Å². The molecule has 0 radical (unpaired) electrons. The van der Waals surface area contributed by atoms with Gasteiger partial charge < -0.3 is 5.73 Å². The lowest BCUT2D eigenvalue weighted by Crippen LogP contribution is -1.87. The zero-order chi connectivity index (χ0) is 10.1. The third-order valence-electron chi connectivity index (χ3n) is 1.86. The summed E-state index contributed by atoms with van der Waals surface area (Å²) in [6.45, 7) is 1.70. The first-order valence-corrected chi connectivity index (χ1v) is 4.80. The third kappa shape index (κ3) is 1.58. The Morgan fingerprint density at radius 3 is 2.79 bits per heavy atom. The Morgan fingerprint density at radius 1 is 1.43 bits per heavy atom. The summed E-state index contributed by atoms with van der Waals surface area (Å²) < 4.78 is 17.0. The molecule has 0 saturated heterocycles. The summed E-state index contributed by atoms with van der Waals surface area (Å²) in [6, 6.07) is 4.75. The monoisotopic (exact) mass is 209 g/mol. The van der Waals surface area contributed by atoms with Gasteiger partial charge in [-0.15, -0.1) is 0 Å². The number of hydrogen-bond donors (Lipinski definition) is 1. The van der Waals surface area contributed by atoms with E-state index >= 15 is 0 Å². The summed E-state index contributed by atoms with van der Waals surface area (Å²) in [5.74, 6) is 0.326. The fourth-order valence-corrected chi connectivity index (χ4v) is 1.59. The summed E-state index contributed by atoms with van der Waals surface area (Å²) in [6.07, 6.45) is 0. The van der Waals surface area contributed by atoms with E-state index in [1.54, 1.807) is 19.1 Å². The van der Waals surface area contributed by atoms with E-state index < -0.39 is 0 Å². The molecule has 0 aliphatic carbocycles. The molecular weight excluding hydrogens is 201 g/mol. The van der Waals surface area contributed by atoms with Crippen molar-refractivity contribution in [3.8, 4) is 11.4 Å². The van der Waals surface area contributed by atoms with Crippen LogP contribution < -0.4 is 5.73 Å². The van der Waals surface area contributed by atoms with Crippen molar-refractivity contribution >= 4 is 16.7 Å². The lowest BCUT2D eigenvalue weighted by molar-refractivity contribution is 0.618. The molecule has 0 amide bonds. The second-order valence-electron chi connectivity index (χ2n) is 2.92. The van der Waals surface area contributed by atoms with Gasteiger partial charge in [-0.25, -0.2) is 4.39 Å². The van der Waals surface area contributed by atoms with E-state index in [2.05, 4.69) is 9.36 Å². The van der Waals surface area contributed by atoms with Crippen molar-refractivity contribution in [2.24, 2.45) is 0 Å². The number of nitrogen functional groups attached to an aromatic ring is 1. The van der Waals surface area contributed by atoms with Crippen LogP contribution in [-0.4, -0.2) is 9.36 Å². The van der Waals surface area contributed by atoms with Crippen LogP contribution in [0.2, 0.25) is 0 Å². The van der Waals surface area contributed by atoms with Crippen LogP contribution in [0.4, 0.5) is 9.52 Å². The van der Waals surface area contributed by atoms with E-state index in [1.807, 2.05) is 0 Å². The number of aromatic nitrogens is 2. The largest absolute Gasteiger partial charge is 0.374 e. The average Bonchev–Trinajstić information content (AvgIpc) is 2.57. The van der Waals surface area contributed by atoms with Gasteiger partial charge in [-0.05, 0) is 30.7 Å². The summed E-state index contributed by atoms with van der Waals surface area (Å²) in [5.41, 5.74) is 6.82. The zero-order valence-electron chi connectivity index (χ0n) is 7.49. The topological polar surface area (TPSA) is 51.8 Å². The summed E-state index contributed by atoms with van der Waals surface area (Å²) in [7, 11) is 0. The van der Waals surface area contributed by atoms with Crippen molar-refractivity contribution in [1.29, 1.82) is 0 Å². The Balaban J connectivity index is 2.47. The van der Waals surface area contributed by atoms with Gasteiger partial charge in [0.25, 0.3) is 0 Å². The van der Waals surface area contributed by atoms with Crippen LogP contribution in [0.3, 0.4) is 0 Å². The SMILES string of the molecule is Cc1cc(-c2nsc(N)n2)ccc1F. The quantitative estimate of drug-likeness (QED) is 0.783. The van der Waals surface area contributed by atoms with Gasteiger partial charge in [0.15, 0.2) is 11.0 Å². The minimum atomic E-state index is -0.225. The van der Waals surface area contributed by atoms with Gasteiger partial charge in [-0.3, -0.25) is 0 Å². The number of rotatable bonds is 1. The lowest BCUT2D eigenvalue weighted by atomic mass is 10.1. The molecule has 0 fully saturated rings. The molecule has 1 heterocycles. The van der Waals surface area contributed by atoms with Crippen LogP contribution >= 0.6 is 11.5 Å². The Morgan fingerprint density at radius 2 is 2.21 bits per heavy atom. The van der Waals surface area contributed by atoms with E-state index in [1.165, 1.54) is 6.07 Å². The highest BCUT2D eigenvalue weighted by atomic mass is 32.1. The van der Waals surface area contributed by atoms with Crippen LogP contribution in [0, 0.1) is 12.7 Å². The van der Waals surface area contributed by atoms with E-state index in [-0.39, 0.29) is 5.82 Å². The van der Waals surface area contributed by atoms with Gasteiger partial charge in [0, 0.05) is 17.1 Å². The van der Waals surface area contributed by atoms with Gasteiger partial charge in [-0.1, -0.05) is 0 Å². The molecule has 14 heavy (non-hydrogen) atoms. The van der Waals surface area contributed by atoms with E-state index in [0.717, 1.165) is 17.1 Å². The molecule has 5 heteroatoms. The Hall–Kier alpha value is -1.49. The number of benzene rings is 1. The lowest BCUT2D eigenvalue weighted by Gasteiger charge is -1.98. The smallest absolute Gasteiger partial charge is 0.200 e. The zero-order valence-corrected chi connectivity index (χ0v) is 8.31.